The van der Waals surface area contributed by atoms with Crippen molar-refractivity contribution >= 4 is 0 Å². The van der Waals surface area contributed by atoms with E-state index in [2.05, 4.69) is 0 Å². The van der Waals surface area contributed by atoms with E-state index in [1.807, 2.05) is 30.3 Å². The van der Waals surface area contributed by atoms with E-state index in [0.717, 1.165) is 5.56 Å². The first-order valence-electron chi connectivity index (χ1n) is 5.73. The molecule has 2 fully saturated rings. The Morgan fingerprint density at radius 3 is 2.78 bits per heavy atom. The Labute approximate surface area is 130 Å². The van der Waals surface area contributed by atoms with Gasteiger partial charge >= 0.3 is 0 Å². The molecule has 1 aromatic rings. The van der Waals surface area contributed by atoms with E-state index in [0.29, 0.717) is 13.2 Å². The second kappa shape index (κ2) is 6.04. The number of ether oxygens (including phenoxy) is 3. The summed E-state index contributed by atoms with van der Waals surface area (Å²) in [6, 6.07) is 9.94. The third-order valence-electron chi connectivity index (χ3n) is 3.31. The molecule has 96 valence electrons. The molecule has 18 heavy (non-hydrogen) atoms. The minimum absolute atomic E-state index is 0. The van der Waals surface area contributed by atoms with Crippen molar-refractivity contribution in [3.63, 3.8) is 0 Å². The van der Waals surface area contributed by atoms with E-state index in [-0.39, 0.29) is 49.9 Å². The fourth-order valence-corrected chi connectivity index (χ4v) is 2.30. The standard InChI is InChI=1S/C13H15O4.U/c14-8-13-9-16-11(7-17-13)12(13)15-6-10-4-2-1-3-5-10;/h1-5,7,11-12,14H,6,8-9H2;/q-1;/t11?,12-,13+;/m0./s1. The smallest absolute Gasteiger partial charge is 0.109 e. The second-order valence-electron chi connectivity index (χ2n) is 4.47. The van der Waals surface area contributed by atoms with Crippen molar-refractivity contribution in [3.8, 4) is 0 Å². The molecule has 2 aliphatic heterocycles. The van der Waals surface area contributed by atoms with Gasteiger partial charge in [0.15, 0.2) is 0 Å². The largest absolute Gasteiger partial charge is 0.540 e. The van der Waals surface area contributed by atoms with Crippen molar-refractivity contribution < 1.29 is 50.4 Å². The third kappa shape index (κ3) is 2.53. The number of hydrogen-bond donors (Lipinski definition) is 1. The van der Waals surface area contributed by atoms with Crippen LogP contribution in [0.4, 0.5) is 0 Å². The molecule has 0 amide bonds. The van der Waals surface area contributed by atoms with Crippen LogP contribution in [-0.2, 0) is 20.8 Å². The third-order valence-corrected chi connectivity index (χ3v) is 3.31. The zero-order valence-corrected chi connectivity index (χ0v) is 14.1. The molecule has 1 aromatic carbocycles. The van der Waals surface area contributed by atoms with Crippen LogP contribution in [0.3, 0.4) is 0 Å². The van der Waals surface area contributed by atoms with Gasteiger partial charge in [0, 0.05) is 31.1 Å². The number of rotatable bonds is 4. The van der Waals surface area contributed by atoms with E-state index in [1.54, 1.807) is 6.61 Å². The first kappa shape index (κ1) is 14.5. The Kier molecular flexibility index (Phi) is 4.87. The Balaban J connectivity index is 0.00000120. The van der Waals surface area contributed by atoms with E-state index in [9.17, 15) is 5.11 Å². The molecule has 2 saturated heterocycles. The predicted molar refractivity (Wildman–Crippen MR) is 60.0 cm³/mol. The Bertz CT molecular complexity index is 376. The quantitative estimate of drug-likeness (QED) is 0.661. The van der Waals surface area contributed by atoms with Gasteiger partial charge in [0.2, 0.25) is 0 Å². The Hall–Kier alpha value is 0.112. The van der Waals surface area contributed by atoms with E-state index < -0.39 is 5.60 Å². The van der Waals surface area contributed by atoms with Crippen LogP contribution in [0.2, 0.25) is 0 Å². The molecule has 0 aromatic heterocycles. The van der Waals surface area contributed by atoms with Gasteiger partial charge < -0.3 is 19.3 Å². The van der Waals surface area contributed by atoms with Gasteiger partial charge in [-0.3, -0.25) is 0 Å². The van der Waals surface area contributed by atoms with E-state index in [1.165, 1.54) is 0 Å². The summed E-state index contributed by atoms with van der Waals surface area (Å²) in [5.41, 5.74) is 0.409. The number of aliphatic hydroxyl groups excluding tert-OH is 1. The number of fused-ring (bicyclic) bond motifs is 2. The number of benzene rings is 1. The van der Waals surface area contributed by atoms with Crippen LogP contribution in [0, 0.1) is 37.7 Å². The molecule has 2 bridgehead atoms. The molecule has 2 heterocycles. The monoisotopic (exact) mass is 473 g/mol. The van der Waals surface area contributed by atoms with Crippen LogP contribution in [0.5, 0.6) is 0 Å². The van der Waals surface area contributed by atoms with Crippen molar-refractivity contribution in [1.82, 2.24) is 0 Å². The average molecular weight is 473 g/mol. The first-order valence-corrected chi connectivity index (χ1v) is 5.73. The molecule has 5 heteroatoms. The Morgan fingerprint density at radius 2 is 2.17 bits per heavy atom. The molecule has 3 rings (SSSR count). The maximum atomic E-state index is 9.41. The zero-order chi connectivity index (χ0) is 11.7. The van der Waals surface area contributed by atoms with Crippen LogP contribution < -0.4 is 0 Å². The molecular formula is C13H15O4U-. The van der Waals surface area contributed by atoms with Gasteiger partial charge in [-0.05, 0) is 11.7 Å². The summed E-state index contributed by atoms with van der Waals surface area (Å²) in [5.74, 6) is 0. The molecule has 1 N–H and O–H groups in total. The maximum Gasteiger partial charge on any atom is 0.109 e. The summed E-state index contributed by atoms with van der Waals surface area (Å²) in [6.45, 7) is 2.43. The molecule has 0 radical (unpaired) electrons. The topological polar surface area (TPSA) is 47.9 Å². The van der Waals surface area contributed by atoms with Crippen LogP contribution in [0.25, 0.3) is 0 Å². The maximum absolute atomic E-state index is 9.41. The van der Waals surface area contributed by atoms with Gasteiger partial charge in [0.05, 0.1) is 25.9 Å². The van der Waals surface area contributed by atoms with Crippen LogP contribution in [0.15, 0.2) is 30.3 Å². The fraction of sp³-hybridized carbons (Fsp3) is 0.462. The van der Waals surface area contributed by atoms with Gasteiger partial charge in [0.25, 0.3) is 0 Å². The van der Waals surface area contributed by atoms with Crippen LogP contribution in [0.1, 0.15) is 5.56 Å². The first-order chi connectivity index (χ1) is 8.34. The summed E-state index contributed by atoms with van der Waals surface area (Å²) in [7, 11) is 0. The summed E-state index contributed by atoms with van der Waals surface area (Å²) in [4.78, 5) is 0. The van der Waals surface area contributed by atoms with Gasteiger partial charge in [-0.1, -0.05) is 30.3 Å². The van der Waals surface area contributed by atoms with E-state index in [4.69, 9.17) is 14.2 Å². The Morgan fingerprint density at radius 1 is 1.39 bits per heavy atom. The fourth-order valence-electron chi connectivity index (χ4n) is 2.30. The molecule has 0 saturated carbocycles. The van der Waals surface area contributed by atoms with Crippen LogP contribution in [-0.4, -0.2) is 36.1 Å². The number of aliphatic hydroxyl groups is 1. The molecule has 0 spiro atoms. The zero-order valence-electron chi connectivity index (χ0n) is 9.91. The minimum atomic E-state index is -0.695. The van der Waals surface area contributed by atoms with Gasteiger partial charge in [-0.2, -0.15) is 6.61 Å². The van der Waals surface area contributed by atoms with E-state index >= 15 is 0 Å². The second-order valence-corrected chi connectivity index (χ2v) is 4.47. The van der Waals surface area contributed by atoms with Crippen molar-refractivity contribution in [2.75, 3.05) is 13.2 Å². The van der Waals surface area contributed by atoms with Crippen molar-refractivity contribution in [2.45, 2.75) is 24.4 Å². The molecule has 3 atom stereocenters. The molecule has 2 aliphatic rings. The van der Waals surface area contributed by atoms with Crippen molar-refractivity contribution in [2.24, 2.45) is 0 Å². The summed E-state index contributed by atoms with van der Waals surface area (Å²) in [6.07, 6.45) is -0.376. The van der Waals surface area contributed by atoms with Gasteiger partial charge in [-0.15, -0.1) is 0 Å². The summed E-state index contributed by atoms with van der Waals surface area (Å²) < 4.78 is 16.8. The molecule has 4 nitrogen and oxygen atoms in total. The summed E-state index contributed by atoms with van der Waals surface area (Å²) >= 11 is 0. The average Bonchev–Trinajstić information content (AvgIpc) is 2.92. The summed E-state index contributed by atoms with van der Waals surface area (Å²) in [5, 5.41) is 9.41. The molecule has 0 aliphatic carbocycles. The molecular weight excluding hydrogens is 458 g/mol. The van der Waals surface area contributed by atoms with Gasteiger partial charge in [0.1, 0.15) is 5.60 Å². The van der Waals surface area contributed by atoms with Crippen molar-refractivity contribution in [3.05, 3.63) is 42.5 Å². The SMILES string of the molecule is OC[C@]12COC([CH-]O1)[C@@H]2OCc1ccccc1.[U]. The predicted octanol–water partition coefficient (Wildman–Crippen LogP) is 0.894. The minimum Gasteiger partial charge on any atom is -0.540 e. The molecule has 1 unspecified atom stereocenters. The van der Waals surface area contributed by atoms with Crippen LogP contribution >= 0.6 is 0 Å². The van der Waals surface area contributed by atoms with Crippen molar-refractivity contribution in [1.29, 1.82) is 0 Å². The number of hydrogen-bond acceptors (Lipinski definition) is 4. The normalized spacial score (nSPS) is 33.4. The van der Waals surface area contributed by atoms with Gasteiger partial charge in [-0.25, -0.2) is 0 Å².